The smallest absolute Gasteiger partial charge is 0.408 e. The van der Waals surface area contributed by atoms with E-state index in [9.17, 15) is 4.79 Å². The Hall–Kier alpha value is -1.52. The zero-order valence-electron chi connectivity index (χ0n) is 13.7. The minimum absolute atomic E-state index is 0.0572. The predicted molar refractivity (Wildman–Crippen MR) is 82.1 cm³/mol. The SMILES string of the molecule is CC[C@@H](NC(=O)OC(C)(C)C)c1cncn1C1CC(C)C1. The van der Waals surface area contributed by atoms with Gasteiger partial charge in [0.05, 0.1) is 24.3 Å². The van der Waals surface area contributed by atoms with Crippen molar-refractivity contribution in [1.29, 1.82) is 0 Å². The molecule has 1 aromatic rings. The van der Waals surface area contributed by atoms with E-state index in [1.807, 2.05) is 33.3 Å². The van der Waals surface area contributed by atoms with Crippen molar-refractivity contribution < 1.29 is 9.53 Å². The molecule has 2 rings (SSSR count). The number of carbonyl (C=O) groups excluding carboxylic acids is 1. The molecule has 21 heavy (non-hydrogen) atoms. The molecular weight excluding hydrogens is 266 g/mol. The fourth-order valence-corrected chi connectivity index (χ4v) is 2.81. The summed E-state index contributed by atoms with van der Waals surface area (Å²) in [6, 6.07) is 0.463. The minimum atomic E-state index is -0.480. The van der Waals surface area contributed by atoms with Gasteiger partial charge in [0.1, 0.15) is 5.60 Å². The Morgan fingerprint density at radius 1 is 1.52 bits per heavy atom. The van der Waals surface area contributed by atoms with E-state index in [1.54, 1.807) is 0 Å². The molecule has 0 bridgehead atoms. The van der Waals surface area contributed by atoms with Crippen molar-refractivity contribution in [1.82, 2.24) is 14.9 Å². The Balaban J connectivity index is 2.04. The number of rotatable bonds is 4. The first-order chi connectivity index (χ1) is 9.80. The number of aromatic nitrogens is 2. The molecule has 0 unspecified atom stereocenters. The van der Waals surface area contributed by atoms with Crippen LogP contribution in [0, 0.1) is 5.92 Å². The average molecular weight is 293 g/mol. The van der Waals surface area contributed by atoms with Gasteiger partial charge in [-0.25, -0.2) is 9.78 Å². The number of hydrogen-bond donors (Lipinski definition) is 1. The quantitative estimate of drug-likeness (QED) is 0.918. The highest BCUT2D eigenvalue weighted by Crippen LogP contribution is 2.38. The second kappa shape index (κ2) is 6.08. The summed E-state index contributed by atoms with van der Waals surface area (Å²) in [6.07, 6.45) is 6.55. The molecule has 1 fully saturated rings. The molecular formula is C16H27N3O2. The van der Waals surface area contributed by atoms with Crippen LogP contribution in [0.25, 0.3) is 0 Å². The maximum Gasteiger partial charge on any atom is 0.408 e. The second-order valence-electron chi connectivity index (χ2n) is 7.06. The number of imidazole rings is 1. The zero-order chi connectivity index (χ0) is 15.6. The van der Waals surface area contributed by atoms with Crippen LogP contribution in [0.2, 0.25) is 0 Å². The summed E-state index contributed by atoms with van der Waals surface area (Å²) < 4.78 is 7.56. The summed E-state index contributed by atoms with van der Waals surface area (Å²) in [7, 11) is 0. The molecule has 1 aromatic heterocycles. The molecule has 1 atom stereocenters. The van der Waals surface area contributed by atoms with E-state index < -0.39 is 5.60 Å². The summed E-state index contributed by atoms with van der Waals surface area (Å²) in [5.74, 6) is 0.782. The van der Waals surface area contributed by atoms with E-state index in [2.05, 4.69) is 28.7 Å². The summed E-state index contributed by atoms with van der Waals surface area (Å²) in [4.78, 5) is 16.2. The highest BCUT2D eigenvalue weighted by molar-refractivity contribution is 5.68. The first-order valence-electron chi connectivity index (χ1n) is 7.81. The highest BCUT2D eigenvalue weighted by atomic mass is 16.6. The van der Waals surface area contributed by atoms with Gasteiger partial charge in [0, 0.05) is 6.04 Å². The van der Waals surface area contributed by atoms with E-state index in [0.717, 1.165) is 18.0 Å². The van der Waals surface area contributed by atoms with Gasteiger partial charge in [-0.05, 0) is 46.0 Å². The van der Waals surface area contributed by atoms with Crippen LogP contribution in [-0.2, 0) is 4.74 Å². The lowest BCUT2D eigenvalue weighted by atomic mass is 9.81. The third-order valence-corrected chi connectivity index (χ3v) is 3.89. The fraction of sp³-hybridized carbons (Fsp3) is 0.750. The number of hydrogen-bond acceptors (Lipinski definition) is 3. The normalized spacial score (nSPS) is 23.3. The first-order valence-corrected chi connectivity index (χ1v) is 7.81. The molecule has 118 valence electrons. The monoisotopic (exact) mass is 293 g/mol. The van der Waals surface area contributed by atoms with Gasteiger partial charge in [-0.1, -0.05) is 13.8 Å². The zero-order valence-corrected chi connectivity index (χ0v) is 13.7. The van der Waals surface area contributed by atoms with Crippen molar-refractivity contribution in [2.45, 2.75) is 71.6 Å². The van der Waals surface area contributed by atoms with Crippen molar-refractivity contribution in [3.05, 3.63) is 18.2 Å². The number of ether oxygens (including phenoxy) is 1. The second-order valence-corrected chi connectivity index (χ2v) is 7.06. The number of nitrogens with one attached hydrogen (secondary N) is 1. The van der Waals surface area contributed by atoms with E-state index in [-0.39, 0.29) is 12.1 Å². The lowest BCUT2D eigenvalue weighted by Gasteiger charge is -2.36. The Bertz CT molecular complexity index is 484. The van der Waals surface area contributed by atoms with Crippen molar-refractivity contribution in [2.24, 2.45) is 5.92 Å². The molecule has 0 spiro atoms. The first kappa shape index (κ1) is 15.9. The Kier molecular flexibility index (Phi) is 4.59. The van der Waals surface area contributed by atoms with Crippen LogP contribution in [0.1, 0.15) is 71.7 Å². The van der Waals surface area contributed by atoms with Gasteiger partial charge in [-0.3, -0.25) is 0 Å². The molecule has 0 aliphatic heterocycles. The molecule has 1 heterocycles. The summed E-state index contributed by atoms with van der Waals surface area (Å²) >= 11 is 0. The molecule has 1 amide bonds. The summed E-state index contributed by atoms with van der Waals surface area (Å²) in [5.41, 5.74) is 0.590. The van der Waals surface area contributed by atoms with Gasteiger partial charge >= 0.3 is 6.09 Å². The molecule has 0 aromatic carbocycles. The van der Waals surface area contributed by atoms with E-state index in [1.165, 1.54) is 12.8 Å². The number of nitrogens with zero attached hydrogens (tertiary/aromatic N) is 2. The van der Waals surface area contributed by atoms with E-state index in [0.29, 0.717) is 6.04 Å². The van der Waals surface area contributed by atoms with Crippen molar-refractivity contribution in [3.8, 4) is 0 Å². The van der Waals surface area contributed by atoms with E-state index >= 15 is 0 Å². The lowest BCUT2D eigenvalue weighted by molar-refractivity contribution is 0.0498. The molecule has 1 aliphatic carbocycles. The third-order valence-electron chi connectivity index (χ3n) is 3.89. The van der Waals surface area contributed by atoms with Gasteiger partial charge in [0.25, 0.3) is 0 Å². The lowest BCUT2D eigenvalue weighted by Crippen LogP contribution is -2.36. The van der Waals surface area contributed by atoms with Gasteiger partial charge in [-0.2, -0.15) is 0 Å². The number of alkyl carbamates (subject to hydrolysis) is 1. The fourth-order valence-electron chi connectivity index (χ4n) is 2.81. The molecule has 1 aliphatic rings. The largest absolute Gasteiger partial charge is 0.444 e. The molecule has 5 nitrogen and oxygen atoms in total. The Morgan fingerprint density at radius 2 is 2.19 bits per heavy atom. The average Bonchev–Trinajstić information content (AvgIpc) is 2.78. The van der Waals surface area contributed by atoms with Crippen molar-refractivity contribution in [3.63, 3.8) is 0 Å². The summed E-state index contributed by atoms with van der Waals surface area (Å²) in [6.45, 7) is 9.93. The van der Waals surface area contributed by atoms with Gasteiger partial charge < -0.3 is 14.6 Å². The standard InChI is InChI=1S/C16H27N3O2/c1-6-13(18-15(20)21-16(3,4)5)14-9-17-10-19(14)12-7-11(2)8-12/h9-13H,6-8H2,1-5H3,(H,18,20)/t11?,12?,13-/m1/s1. The van der Waals surface area contributed by atoms with Gasteiger partial charge in [0.15, 0.2) is 0 Å². The molecule has 0 radical (unpaired) electrons. The van der Waals surface area contributed by atoms with Crippen molar-refractivity contribution >= 4 is 6.09 Å². The van der Waals surface area contributed by atoms with Crippen LogP contribution in [0.3, 0.4) is 0 Å². The van der Waals surface area contributed by atoms with Crippen LogP contribution in [0.5, 0.6) is 0 Å². The summed E-state index contributed by atoms with van der Waals surface area (Å²) in [5, 5.41) is 2.96. The molecule has 5 heteroatoms. The molecule has 0 saturated heterocycles. The van der Waals surface area contributed by atoms with Crippen LogP contribution in [-0.4, -0.2) is 21.2 Å². The van der Waals surface area contributed by atoms with Crippen LogP contribution in [0.15, 0.2) is 12.5 Å². The highest BCUT2D eigenvalue weighted by Gasteiger charge is 2.30. The van der Waals surface area contributed by atoms with Crippen LogP contribution in [0.4, 0.5) is 4.79 Å². The van der Waals surface area contributed by atoms with Crippen LogP contribution >= 0.6 is 0 Å². The Labute approximate surface area is 127 Å². The number of amides is 1. The minimum Gasteiger partial charge on any atom is -0.444 e. The predicted octanol–water partition coefficient (Wildman–Crippen LogP) is 3.83. The van der Waals surface area contributed by atoms with Gasteiger partial charge in [-0.15, -0.1) is 0 Å². The maximum atomic E-state index is 12.0. The molecule has 1 N–H and O–H groups in total. The number of carbonyl (C=O) groups is 1. The Morgan fingerprint density at radius 3 is 2.71 bits per heavy atom. The van der Waals surface area contributed by atoms with Crippen molar-refractivity contribution in [2.75, 3.05) is 0 Å². The van der Waals surface area contributed by atoms with E-state index in [4.69, 9.17) is 4.74 Å². The van der Waals surface area contributed by atoms with Gasteiger partial charge in [0.2, 0.25) is 0 Å². The third kappa shape index (κ3) is 3.99. The maximum absolute atomic E-state index is 12.0. The van der Waals surface area contributed by atoms with Crippen LogP contribution < -0.4 is 5.32 Å². The molecule has 1 saturated carbocycles. The topological polar surface area (TPSA) is 56.1 Å².